The summed E-state index contributed by atoms with van der Waals surface area (Å²) in [5, 5.41) is 11.4. The molecule has 1 saturated heterocycles. The van der Waals surface area contributed by atoms with Gasteiger partial charge in [-0.2, -0.15) is 0 Å². The lowest BCUT2D eigenvalue weighted by atomic mass is 9.86. The lowest BCUT2D eigenvalue weighted by Gasteiger charge is -2.30. The maximum atomic E-state index is 12.2. The molecule has 3 rings (SSSR count). The summed E-state index contributed by atoms with van der Waals surface area (Å²) in [6.07, 6.45) is -0.311. The number of halogens is 1. The first-order valence-corrected chi connectivity index (χ1v) is 7.70. The molecule has 3 atom stereocenters. The fourth-order valence-electron chi connectivity index (χ4n) is 3.19. The van der Waals surface area contributed by atoms with Gasteiger partial charge in [0, 0.05) is 24.4 Å². The van der Waals surface area contributed by atoms with Gasteiger partial charge in [-0.05, 0) is 23.3 Å². The molecule has 22 heavy (non-hydrogen) atoms. The Labute approximate surface area is 135 Å². The minimum absolute atomic E-state index is 0.00984. The average molecular weight is 316 g/mol. The number of hydrogen-bond acceptors (Lipinski definition) is 2. The van der Waals surface area contributed by atoms with Crippen molar-refractivity contribution in [1.82, 2.24) is 4.90 Å². The molecular formula is C18H18ClNO2. The molecule has 2 aromatic rings. The van der Waals surface area contributed by atoms with Crippen LogP contribution in [0.5, 0.6) is 0 Å². The molecule has 3 nitrogen and oxygen atoms in total. The summed E-state index contributed by atoms with van der Waals surface area (Å²) in [7, 11) is 1.76. The molecule has 1 aliphatic heterocycles. The highest BCUT2D eigenvalue weighted by Crippen LogP contribution is 2.40. The van der Waals surface area contributed by atoms with E-state index in [9.17, 15) is 9.90 Å². The fourth-order valence-corrected chi connectivity index (χ4v) is 3.32. The van der Waals surface area contributed by atoms with E-state index in [1.807, 2.05) is 42.5 Å². The number of carbonyl (C=O) groups is 1. The molecule has 1 aliphatic rings. The number of hydrogen-bond donors (Lipinski definition) is 1. The van der Waals surface area contributed by atoms with Gasteiger partial charge in [-0.25, -0.2) is 0 Å². The Morgan fingerprint density at radius 3 is 2.41 bits per heavy atom. The van der Waals surface area contributed by atoms with Crippen LogP contribution in [0.1, 0.15) is 29.6 Å². The van der Waals surface area contributed by atoms with E-state index in [1.54, 1.807) is 24.1 Å². The van der Waals surface area contributed by atoms with E-state index < -0.39 is 6.10 Å². The number of likely N-dealkylation sites (N-methyl/N-ethyl adjacent to an activating group) is 1. The van der Waals surface area contributed by atoms with Gasteiger partial charge in [-0.15, -0.1) is 0 Å². The molecule has 4 heteroatoms. The normalized spacial score (nSPS) is 22.9. The molecule has 0 aliphatic carbocycles. The van der Waals surface area contributed by atoms with Crippen molar-refractivity contribution in [3.8, 4) is 0 Å². The molecule has 1 N–H and O–H groups in total. The third-order valence-corrected chi connectivity index (χ3v) is 4.66. The molecule has 0 bridgehead atoms. The first-order chi connectivity index (χ1) is 10.6. The number of nitrogens with zero attached hydrogens (tertiary/aromatic N) is 1. The Bertz CT molecular complexity index is 657. The van der Waals surface area contributed by atoms with Crippen LogP contribution in [-0.2, 0) is 4.79 Å². The largest absolute Gasteiger partial charge is 0.386 e. The second-order valence-electron chi connectivity index (χ2n) is 5.71. The van der Waals surface area contributed by atoms with Gasteiger partial charge >= 0.3 is 0 Å². The average Bonchev–Trinajstić information content (AvgIpc) is 2.84. The van der Waals surface area contributed by atoms with Crippen molar-refractivity contribution in [3.05, 3.63) is 70.7 Å². The number of rotatable bonds is 3. The van der Waals surface area contributed by atoms with Crippen LogP contribution in [0.4, 0.5) is 0 Å². The predicted molar refractivity (Wildman–Crippen MR) is 86.8 cm³/mol. The number of benzene rings is 2. The highest BCUT2D eigenvalue weighted by atomic mass is 35.5. The topological polar surface area (TPSA) is 40.5 Å². The van der Waals surface area contributed by atoms with Gasteiger partial charge in [0.05, 0.1) is 12.1 Å². The molecule has 114 valence electrons. The number of likely N-dealkylation sites (tertiary alicyclic amines) is 1. The maximum absolute atomic E-state index is 12.2. The first-order valence-electron chi connectivity index (χ1n) is 7.32. The van der Waals surface area contributed by atoms with E-state index in [2.05, 4.69) is 0 Å². The molecule has 0 unspecified atom stereocenters. The van der Waals surface area contributed by atoms with E-state index in [0.717, 1.165) is 11.1 Å². The van der Waals surface area contributed by atoms with Gasteiger partial charge in [0.15, 0.2) is 0 Å². The monoisotopic (exact) mass is 315 g/mol. The van der Waals surface area contributed by atoms with Gasteiger partial charge in [0.25, 0.3) is 0 Å². The second kappa shape index (κ2) is 6.11. The van der Waals surface area contributed by atoms with Crippen molar-refractivity contribution < 1.29 is 9.90 Å². The molecule has 0 radical (unpaired) electrons. The Hall–Kier alpha value is -1.84. The van der Waals surface area contributed by atoms with E-state index in [-0.39, 0.29) is 17.9 Å². The maximum Gasteiger partial charge on any atom is 0.223 e. The summed E-state index contributed by atoms with van der Waals surface area (Å²) in [6.45, 7) is 0. The summed E-state index contributed by atoms with van der Waals surface area (Å²) in [6, 6.07) is 16.8. The van der Waals surface area contributed by atoms with Gasteiger partial charge in [0.1, 0.15) is 0 Å². The van der Waals surface area contributed by atoms with Crippen molar-refractivity contribution in [2.45, 2.75) is 24.5 Å². The molecule has 2 aromatic carbocycles. The molecule has 0 saturated carbocycles. The van der Waals surface area contributed by atoms with Gasteiger partial charge in [-0.1, -0.05) is 54.1 Å². The highest BCUT2D eigenvalue weighted by molar-refractivity contribution is 6.30. The van der Waals surface area contributed by atoms with Crippen molar-refractivity contribution in [3.63, 3.8) is 0 Å². The first kappa shape index (κ1) is 15.1. The summed E-state index contributed by atoms with van der Waals surface area (Å²) in [5.74, 6) is 0.0521. The van der Waals surface area contributed by atoms with Crippen LogP contribution >= 0.6 is 11.6 Å². The Morgan fingerprint density at radius 2 is 1.77 bits per heavy atom. The smallest absolute Gasteiger partial charge is 0.223 e. The summed E-state index contributed by atoms with van der Waals surface area (Å²) in [4.78, 5) is 13.8. The third kappa shape index (κ3) is 2.74. The van der Waals surface area contributed by atoms with Crippen molar-refractivity contribution in [2.75, 3.05) is 7.05 Å². The standard InChI is InChI=1S/C18H18ClNO2/c1-20-16(21)11-15(12-5-3-2-4-6-12)17(20)18(22)13-7-9-14(19)10-8-13/h2-10,15,17-18,22H,11H2,1H3/t15-,17-,18+/m1/s1. The zero-order valence-corrected chi connectivity index (χ0v) is 13.1. The Kier molecular flexibility index (Phi) is 4.19. The molecule has 1 fully saturated rings. The van der Waals surface area contributed by atoms with Crippen LogP contribution in [0.25, 0.3) is 0 Å². The zero-order chi connectivity index (χ0) is 15.7. The van der Waals surface area contributed by atoms with Crippen LogP contribution in [0.2, 0.25) is 5.02 Å². The van der Waals surface area contributed by atoms with E-state index in [0.29, 0.717) is 11.4 Å². The Morgan fingerprint density at radius 1 is 1.14 bits per heavy atom. The highest BCUT2D eigenvalue weighted by Gasteiger charge is 2.42. The lowest BCUT2D eigenvalue weighted by Crippen LogP contribution is -2.36. The summed E-state index contributed by atoms with van der Waals surface area (Å²) in [5.41, 5.74) is 1.86. The molecular weight excluding hydrogens is 298 g/mol. The molecule has 1 heterocycles. The minimum atomic E-state index is -0.737. The van der Waals surface area contributed by atoms with Crippen LogP contribution in [-0.4, -0.2) is 29.0 Å². The van der Waals surface area contributed by atoms with Gasteiger partial charge in [0.2, 0.25) is 5.91 Å². The van der Waals surface area contributed by atoms with Crippen LogP contribution in [0.15, 0.2) is 54.6 Å². The number of carbonyl (C=O) groups excluding carboxylic acids is 1. The SMILES string of the molecule is CN1C(=O)C[C@H](c2ccccc2)[C@@H]1[C@@H](O)c1ccc(Cl)cc1. The van der Waals surface area contributed by atoms with Gasteiger partial charge < -0.3 is 10.0 Å². The minimum Gasteiger partial charge on any atom is -0.386 e. The second-order valence-corrected chi connectivity index (χ2v) is 6.15. The third-order valence-electron chi connectivity index (χ3n) is 4.41. The molecule has 0 aromatic heterocycles. The van der Waals surface area contributed by atoms with Crippen LogP contribution in [0, 0.1) is 0 Å². The van der Waals surface area contributed by atoms with Crippen molar-refractivity contribution in [2.24, 2.45) is 0 Å². The van der Waals surface area contributed by atoms with E-state index in [1.165, 1.54) is 0 Å². The molecule has 1 amide bonds. The Balaban J connectivity index is 1.94. The van der Waals surface area contributed by atoms with E-state index in [4.69, 9.17) is 11.6 Å². The molecule has 0 spiro atoms. The number of aliphatic hydroxyl groups is 1. The van der Waals surface area contributed by atoms with Crippen molar-refractivity contribution in [1.29, 1.82) is 0 Å². The predicted octanol–water partition coefficient (Wildman–Crippen LogP) is 3.39. The summed E-state index contributed by atoms with van der Waals surface area (Å²) >= 11 is 5.91. The van der Waals surface area contributed by atoms with Gasteiger partial charge in [-0.3, -0.25) is 4.79 Å². The lowest BCUT2D eigenvalue weighted by molar-refractivity contribution is -0.128. The number of amides is 1. The van der Waals surface area contributed by atoms with Crippen LogP contribution in [0.3, 0.4) is 0 Å². The van der Waals surface area contributed by atoms with Crippen molar-refractivity contribution >= 4 is 17.5 Å². The quantitative estimate of drug-likeness (QED) is 0.943. The van der Waals surface area contributed by atoms with Crippen LogP contribution < -0.4 is 0 Å². The number of aliphatic hydroxyl groups excluding tert-OH is 1. The summed E-state index contributed by atoms with van der Waals surface area (Å²) < 4.78 is 0. The zero-order valence-electron chi connectivity index (χ0n) is 12.3. The fraction of sp³-hybridized carbons (Fsp3) is 0.278. The van der Waals surface area contributed by atoms with E-state index >= 15 is 0 Å².